The van der Waals surface area contributed by atoms with Crippen LogP contribution in [-0.2, 0) is 9.09 Å². The Labute approximate surface area is 102 Å². The number of hydrogen-bond acceptors (Lipinski definition) is 2. The third-order valence-electron chi connectivity index (χ3n) is 1.95. The van der Waals surface area contributed by atoms with Crippen molar-refractivity contribution in [1.82, 2.24) is 0 Å². The number of phosphoric acid groups is 1. The molecule has 12 heteroatoms. The zero-order chi connectivity index (χ0) is 15.7. The number of phosphoric ester groups is 1. The van der Waals surface area contributed by atoms with Crippen molar-refractivity contribution in [2.75, 3.05) is 6.67 Å². The summed E-state index contributed by atoms with van der Waals surface area (Å²) in [4.78, 5) is 16.5. The molecule has 116 valence electrons. The van der Waals surface area contributed by atoms with Crippen LogP contribution in [0, 0.1) is 0 Å². The van der Waals surface area contributed by atoms with Crippen molar-refractivity contribution in [3.8, 4) is 0 Å². The van der Waals surface area contributed by atoms with E-state index in [4.69, 9.17) is 9.79 Å². The van der Waals surface area contributed by atoms with E-state index in [2.05, 4.69) is 4.52 Å². The first-order valence-electron chi connectivity index (χ1n) is 4.59. The van der Waals surface area contributed by atoms with Crippen LogP contribution in [0.1, 0.15) is 13.3 Å². The van der Waals surface area contributed by atoms with Gasteiger partial charge in [0.1, 0.15) is 0 Å². The number of alkyl halides is 7. The molecule has 0 aliphatic heterocycles. The number of halogens is 7. The van der Waals surface area contributed by atoms with Crippen LogP contribution < -0.4 is 0 Å². The summed E-state index contributed by atoms with van der Waals surface area (Å²) in [5, 5.41) is 0. The summed E-state index contributed by atoms with van der Waals surface area (Å²) in [6, 6.07) is 0. The maximum absolute atomic E-state index is 13.0. The van der Waals surface area contributed by atoms with Crippen LogP contribution in [0.25, 0.3) is 0 Å². The highest BCUT2D eigenvalue weighted by molar-refractivity contribution is 7.46. The minimum atomic E-state index is -6.03. The lowest BCUT2D eigenvalue weighted by Crippen LogP contribution is -2.56. The fourth-order valence-corrected chi connectivity index (χ4v) is 1.66. The van der Waals surface area contributed by atoms with E-state index in [1.807, 2.05) is 0 Å². The largest absolute Gasteiger partial charge is 0.469 e. The summed E-state index contributed by atoms with van der Waals surface area (Å²) in [6.07, 6.45) is -4.28. The van der Waals surface area contributed by atoms with E-state index >= 15 is 0 Å². The van der Waals surface area contributed by atoms with Gasteiger partial charge in [0, 0.05) is 6.42 Å². The average molecular weight is 322 g/mol. The van der Waals surface area contributed by atoms with Gasteiger partial charge in [0.25, 0.3) is 0 Å². The molecule has 0 aromatic rings. The van der Waals surface area contributed by atoms with Crippen molar-refractivity contribution >= 4 is 7.82 Å². The molecule has 1 atom stereocenters. The Hall–Kier alpha value is -0.380. The van der Waals surface area contributed by atoms with Crippen LogP contribution in [0.2, 0.25) is 0 Å². The Morgan fingerprint density at radius 3 is 1.84 bits per heavy atom. The summed E-state index contributed by atoms with van der Waals surface area (Å²) < 4.78 is 102. The highest BCUT2D eigenvalue weighted by atomic mass is 31.2. The molecule has 0 aromatic heterocycles. The fourth-order valence-electron chi connectivity index (χ4n) is 1.11. The lowest BCUT2D eigenvalue weighted by atomic mass is 10.0. The fraction of sp³-hybridized carbons (Fsp3) is 1.00. The van der Waals surface area contributed by atoms with Crippen molar-refractivity contribution in [2.45, 2.75) is 37.2 Å². The van der Waals surface area contributed by atoms with Crippen LogP contribution in [0.4, 0.5) is 30.7 Å². The van der Waals surface area contributed by atoms with E-state index in [1.165, 1.54) is 0 Å². The van der Waals surface area contributed by atoms with Crippen molar-refractivity contribution in [3.63, 3.8) is 0 Å². The van der Waals surface area contributed by atoms with Crippen molar-refractivity contribution in [3.05, 3.63) is 0 Å². The summed E-state index contributed by atoms with van der Waals surface area (Å²) in [5.41, 5.74) is 0. The van der Waals surface area contributed by atoms with Gasteiger partial charge in [-0.1, -0.05) is 0 Å². The predicted octanol–water partition coefficient (Wildman–Crippen LogP) is 2.75. The lowest BCUT2D eigenvalue weighted by molar-refractivity contribution is -0.316. The molecule has 0 aliphatic rings. The third kappa shape index (κ3) is 4.59. The summed E-state index contributed by atoms with van der Waals surface area (Å²) in [5.74, 6) is -17.1. The standard InChI is InChI=1S/C7H10F7O4P/c1-4(18-19(15,16)17)2-5(9,10)7(13,14)6(11,12)3-8/h4H,2-3H2,1H3,(H2,15,16,17). The molecular formula is C7H10F7O4P. The molecule has 0 saturated heterocycles. The zero-order valence-corrected chi connectivity index (χ0v) is 10.2. The molecule has 0 aromatic carbocycles. The Balaban J connectivity index is 5.03. The van der Waals surface area contributed by atoms with Crippen molar-refractivity contribution in [1.29, 1.82) is 0 Å². The molecule has 19 heavy (non-hydrogen) atoms. The average Bonchev–Trinajstić information content (AvgIpc) is 2.12. The predicted molar refractivity (Wildman–Crippen MR) is 48.0 cm³/mol. The van der Waals surface area contributed by atoms with Gasteiger partial charge in [-0.15, -0.1) is 0 Å². The van der Waals surface area contributed by atoms with Crippen LogP contribution in [0.5, 0.6) is 0 Å². The minimum absolute atomic E-state index is 0.566. The minimum Gasteiger partial charge on any atom is -0.303 e. The normalized spacial score (nSPS) is 16.5. The molecule has 4 nitrogen and oxygen atoms in total. The first kappa shape index (κ1) is 18.6. The molecule has 0 rings (SSSR count). The zero-order valence-electron chi connectivity index (χ0n) is 9.30. The molecule has 0 bridgehead atoms. The van der Waals surface area contributed by atoms with E-state index < -0.39 is 44.8 Å². The molecule has 2 N–H and O–H groups in total. The van der Waals surface area contributed by atoms with Gasteiger partial charge in [0.15, 0.2) is 6.67 Å². The molecule has 0 radical (unpaired) electrons. The highest BCUT2D eigenvalue weighted by Crippen LogP contribution is 2.49. The molecular weight excluding hydrogens is 312 g/mol. The van der Waals surface area contributed by atoms with Crippen LogP contribution in [0.3, 0.4) is 0 Å². The summed E-state index contributed by atoms with van der Waals surface area (Å²) in [7, 11) is -5.25. The Bertz CT molecular complexity index is 355. The monoisotopic (exact) mass is 322 g/mol. The van der Waals surface area contributed by atoms with Crippen LogP contribution in [-0.4, -0.2) is 40.3 Å². The SMILES string of the molecule is CC(CC(F)(F)C(F)(F)C(F)(F)CF)OP(=O)(O)O. The van der Waals surface area contributed by atoms with Gasteiger partial charge in [-0.05, 0) is 6.92 Å². The first-order chi connectivity index (χ1) is 8.16. The number of rotatable bonds is 7. The molecule has 0 fully saturated rings. The van der Waals surface area contributed by atoms with Gasteiger partial charge >= 0.3 is 25.6 Å². The Morgan fingerprint density at radius 1 is 1.11 bits per heavy atom. The third-order valence-corrected chi connectivity index (χ3v) is 2.58. The van der Waals surface area contributed by atoms with Crippen molar-refractivity contribution < 1.29 is 49.6 Å². The quantitative estimate of drug-likeness (QED) is 0.559. The molecule has 0 saturated carbocycles. The lowest BCUT2D eigenvalue weighted by Gasteiger charge is -2.32. The van der Waals surface area contributed by atoms with E-state index in [0.717, 1.165) is 0 Å². The maximum atomic E-state index is 13.0. The first-order valence-corrected chi connectivity index (χ1v) is 6.13. The van der Waals surface area contributed by atoms with E-state index in [9.17, 15) is 35.3 Å². The van der Waals surface area contributed by atoms with Gasteiger partial charge in [-0.25, -0.2) is 8.96 Å². The Kier molecular flexibility index (Phi) is 5.44. The molecule has 0 aliphatic carbocycles. The molecule has 0 heterocycles. The van der Waals surface area contributed by atoms with Crippen LogP contribution >= 0.6 is 7.82 Å². The molecule has 1 unspecified atom stereocenters. The summed E-state index contributed by atoms with van der Waals surface area (Å²) >= 11 is 0. The van der Waals surface area contributed by atoms with Crippen molar-refractivity contribution in [2.24, 2.45) is 0 Å². The van der Waals surface area contributed by atoms with Gasteiger partial charge in [0.05, 0.1) is 6.10 Å². The van der Waals surface area contributed by atoms with Gasteiger partial charge in [-0.3, -0.25) is 4.52 Å². The summed E-state index contributed by atoms with van der Waals surface area (Å²) in [6.45, 7) is -2.44. The second kappa shape index (κ2) is 5.55. The second-order valence-corrected chi connectivity index (χ2v) is 4.92. The molecule has 0 spiro atoms. The second-order valence-electron chi connectivity index (χ2n) is 3.73. The Morgan fingerprint density at radius 2 is 1.53 bits per heavy atom. The van der Waals surface area contributed by atoms with Gasteiger partial charge < -0.3 is 9.79 Å². The van der Waals surface area contributed by atoms with E-state index in [1.54, 1.807) is 0 Å². The highest BCUT2D eigenvalue weighted by Gasteiger charge is 2.71. The smallest absolute Gasteiger partial charge is 0.303 e. The van der Waals surface area contributed by atoms with Gasteiger partial charge in [-0.2, -0.15) is 26.3 Å². The van der Waals surface area contributed by atoms with Crippen LogP contribution in [0.15, 0.2) is 0 Å². The van der Waals surface area contributed by atoms with E-state index in [-0.39, 0.29) is 0 Å². The van der Waals surface area contributed by atoms with E-state index in [0.29, 0.717) is 6.92 Å². The maximum Gasteiger partial charge on any atom is 0.469 e. The topological polar surface area (TPSA) is 66.8 Å². The van der Waals surface area contributed by atoms with Gasteiger partial charge in [0.2, 0.25) is 0 Å². The molecule has 0 amide bonds. The number of hydrogen-bond donors (Lipinski definition) is 2.